The van der Waals surface area contributed by atoms with Crippen LogP contribution in [0.4, 0.5) is 34.1 Å². The molecule has 0 saturated heterocycles. The van der Waals surface area contributed by atoms with E-state index in [0.29, 0.717) is 5.89 Å². The lowest BCUT2D eigenvalue weighted by Gasteiger charge is -2.30. The van der Waals surface area contributed by atoms with Crippen molar-refractivity contribution in [3.63, 3.8) is 0 Å². The fourth-order valence-electron chi connectivity index (χ4n) is 8.36. The molecule has 0 N–H and O–H groups in total. The highest BCUT2D eigenvalue weighted by atomic mass is 16.3. The molecule has 0 spiro atoms. The molecular weight excluding hydrogens is 659 g/mol. The summed E-state index contributed by atoms with van der Waals surface area (Å²) in [7, 11) is 0. The predicted octanol–water partition coefficient (Wildman–Crippen LogP) is 13.9. The minimum Gasteiger partial charge on any atom is -0.435 e. The van der Waals surface area contributed by atoms with Gasteiger partial charge in [-0.2, -0.15) is 0 Å². The molecule has 0 radical (unpaired) electrons. The van der Waals surface area contributed by atoms with Gasteiger partial charge < -0.3 is 14.2 Å². The summed E-state index contributed by atoms with van der Waals surface area (Å²) in [5.74, 6) is 0.645. The number of anilines is 6. The molecule has 10 rings (SSSR count). The Morgan fingerprint density at radius 1 is 0.444 bits per heavy atom. The first-order chi connectivity index (χ1) is 26.5. The summed E-state index contributed by atoms with van der Waals surface area (Å²) in [5.41, 5.74) is 14.2. The van der Waals surface area contributed by atoms with Gasteiger partial charge in [0.15, 0.2) is 5.58 Å². The summed E-state index contributed by atoms with van der Waals surface area (Å²) in [5, 5.41) is 2.29. The minimum atomic E-state index is -0.220. The van der Waals surface area contributed by atoms with E-state index in [1.807, 2.05) is 30.3 Å². The van der Waals surface area contributed by atoms with Gasteiger partial charge in [0.05, 0.1) is 0 Å². The summed E-state index contributed by atoms with van der Waals surface area (Å²) in [6.07, 6.45) is 0. The number of rotatable bonds is 7. The second-order valence-electron chi connectivity index (χ2n) is 14.4. The van der Waals surface area contributed by atoms with Gasteiger partial charge in [0.25, 0.3) is 0 Å². The first kappa shape index (κ1) is 31.8. The van der Waals surface area contributed by atoms with Crippen molar-refractivity contribution in [1.29, 1.82) is 0 Å². The Balaban J connectivity index is 1.11. The summed E-state index contributed by atoms with van der Waals surface area (Å²) >= 11 is 0. The van der Waals surface area contributed by atoms with Crippen LogP contribution in [0.2, 0.25) is 0 Å². The molecule has 54 heavy (non-hydrogen) atoms. The van der Waals surface area contributed by atoms with Crippen molar-refractivity contribution in [2.45, 2.75) is 19.3 Å². The quantitative estimate of drug-likeness (QED) is 0.166. The summed E-state index contributed by atoms with van der Waals surface area (Å²) in [6.45, 7) is 4.69. The Labute approximate surface area is 315 Å². The lowest BCUT2D eigenvalue weighted by atomic mass is 9.80. The number of oxazole rings is 1. The number of para-hydroxylation sites is 3. The number of fused-ring (bicyclic) bond motifs is 7. The molecule has 8 aromatic carbocycles. The topological polar surface area (TPSA) is 32.5 Å². The van der Waals surface area contributed by atoms with E-state index in [2.05, 4.69) is 181 Å². The first-order valence-electron chi connectivity index (χ1n) is 18.5. The van der Waals surface area contributed by atoms with Crippen molar-refractivity contribution in [2.24, 2.45) is 0 Å². The molecule has 1 heterocycles. The standard InChI is InChI=1S/C50H37N3O/c1-50(2)45-30-26-40(33-44(45)42-27-28-43-41(47(42)50)29-31-46-48(43)54-49(51-46)34-16-7-3-8-17-34)53(37-22-13-6-14-23-37)39-25-15-24-38(32-39)52(35-18-9-4-10-19-35)36-20-11-5-12-21-36/h3-33H,1-2H3. The predicted molar refractivity (Wildman–Crippen MR) is 224 cm³/mol. The number of aromatic nitrogens is 1. The molecule has 4 nitrogen and oxygen atoms in total. The van der Waals surface area contributed by atoms with Crippen molar-refractivity contribution in [2.75, 3.05) is 9.80 Å². The molecule has 0 aliphatic heterocycles. The number of hydrogen-bond donors (Lipinski definition) is 0. The Hall–Kier alpha value is -6.91. The molecule has 9 aromatic rings. The first-order valence-corrected chi connectivity index (χ1v) is 18.5. The fraction of sp³-hybridized carbons (Fsp3) is 0.0600. The summed E-state index contributed by atoms with van der Waals surface area (Å²) < 4.78 is 6.48. The average molecular weight is 696 g/mol. The molecule has 4 heteroatoms. The van der Waals surface area contributed by atoms with Crippen LogP contribution in [0.25, 0.3) is 44.5 Å². The second-order valence-corrected chi connectivity index (χ2v) is 14.4. The van der Waals surface area contributed by atoms with Gasteiger partial charge in [-0.05, 0) is 119 Å². The molecule has 258 valence electrons. The van der Waals surface area contributed by atoms with Crippen LogP contribution in [-0.2, 0) is 5.41 Å². The third-order valence-corrected chi connectivity index (χ3v) is 10.8. The zero-order valence-corrected chi connectivity index (χ0v) is 30.1. The van der Waals surface area contributed by atoms with Crippen LogP contribution in [0.3, 0.4) is 0 Å². The van der Waals surface area contributed by atoms with Gasteiger partial charge in [-0.1, -0.05) is 111 Å². The minimum absolute atomic E-state index is 0.220. The molecule has 1 aliphatic rings. The molecule has 0 atom stereocenters. The molecule has 1 aliphatic carbocycles. The van der Waals surface area contributed by atoms with Crippen molar-refractivity contribution < 1.29 is 4.42 Å². The zero-order chi connectivity index (χ0) is 36.2. The smallest absolute Gasteiger partial charge is 0.227 e. The second kappa shape index (κ2) is 12.6. The van der Waals surface area contributed by atoms with E-state index < -0.39 is 0 Å². The average Bonchev–Trinajstić information content (AvgIpc) is 3.77. The number of nitrogens with zero attached hydrogens (tertiary/aromatic N) is 3. The van der Waals surface area contributed by atoms with Gasteiger partial charge in [-0.15, -0.1) is 0 Å². The van der Waals surface area contributed by atoms with E-state index in [4.69, 9.17) is 9.40 Å². The molecule has 0 fully saturated rings. The van der Waals surface area contributed by atoms with Crippen molar-refractivity contribution in [1.82, 2.24) is 4.98 Å². The Morgan fingerprint density at radius 3 is 1.57 bits per heavy atom. The maximum atomic E-state index is 6.48. The van der Waals surface area contributed by atoms with Crippen molar-refractivity contribution in [3.8, 4) is 22.6 Å². The van der Waals surface area contributed by atoms with Gasteiger partial charge in [-0.25, -0.2) is 4.98 Å². The van der Waals surface area contributed by atoms with Crippen LogP contribution in [0.1, 0.15) is 25.0 Å². The van der Waals surface area contributed by atoms with Gasteiger partial charge in [0.1, 0.15) is 5.52 Å². The molecular formula is C50H37N3O. The van der Waals surface area contributed by atoms with Crippen LogP contribution in [0, 0.1) is 0 Å². The van der Waals surface area contributed by atoms with Crippen molar-refractivity contribution >= 4 is 56.0 Å². The molecule has 0 amide bonds. The largest absolute Gasteiger partial charge is 0.435 e. The molecule has 0 saturated carbocycles. The highest BCUT2D eigenvalue weighted by molar-refractivity contribution is 6.09. The fourth-order valence-corrected chi connectivity index (χ4v) is 8.36. The number of benzene rings is 8. The van der Waals surface area contributed by atoms with E-state index in [0.717, 1.165) is 56.2 Å². The Bertz CT molecular complexity index is 2750. The molecule has 0 unspecified atom stereocenters. The molecule has 1 aromatic heterocycles. The Kier molecular flexibility index (Phi) is 7.44. The van der Waals surface area contributed by atoms with Crippen LogP contribution in [0.5, 0.6) is 0 Å². The SMILES string of the molecule is CC1(C)c2ccc(N(c3ccccc3)c3cccc(N(c4ccccc4)c4ccccc4)c3)cc2-c2ccc3c(ccc4nc(-c5ccccc5)oc43)c21. The van der Waals surface area contributed by atoms with Gasteiger partial charge in [0, 0.05) is 50.5 Å². The maximum Gasteiger partial charge on any atom is 0.227 e. The van der Waals surface area contributed by atoms with Gasteiger partial charge >= 0.3 is 0 Å². The Morgan fingerprint density at radius 2 is 0.963 bits per heavy atom. The maximum absolute atomic E-state index is 6.48. The third kappa shape index (κ3) is 5.18. The van der Waals surface area contributed by atoms with Crippen LogP contribution >= 0.6 is 0 Å². The van der Waals surface area contributed by atoms with Crippen LogP contribution < -0.4 is 9.80 Å². The van der Waals surface area contributed by atoms with Crippen molar-refractivity contribution in [3.05, 3.63) is 199 Å². The zero-order valence-electron chi connectivity index (χ0n) is 30.1. The summed E-state index contributed by atoms with van der Waals surface area (Å²) in [6, 6.07) is 66.6. The number of hydrogen-bond acceptors (Lipinski definition) is 4. The normalized spacial score (nSPS) is 12.8. The van der Waals surface area contributed by atoms with E-state index in [9.17, 15) is 0 Å². The summed E-state index contributed by atoms with van der Waals surface area (Å²) in [4.78, 5) is 9.55. The highest BCUT2D eigenvalue weighted by Gasteiger charge is 2.38. The monoisotopic (exact) mass is 695 g/mol. The van der Waals surface area contributed by atoms with Gasteiger partial charge in [0.2, 0.25) is 5.89 Å². The van der Waals surface area contributed by atoms with Crippen LogP contribution in [0.15, 0.2) is 192 Å². The van der Waals surface area contributed by atoms with E-state index in [1.165, 1.54) is 27.6 Å². The highest BCUT2D eigenvalue weighted by Crippen LogP contribution is 2.53. The lowest BCUT2D eigenvalue weighted by molar-refractivity contribution is 0.623. The third-order valence-electron chi connectivity index (χ3n) is 10.8. The van der Waals surface area contributed by atoms with Crippen LogP contribution in [-0.4, -0.2) is 4.98 Å². The molecule has 0 bridgehead atoms. The van der Waals surface area contributed by atoms with E-state index in [-0.39, 0.29) is 5.41 Å². The van der Waals surface area contributed by atoms with Gasteiger partial charge in [-0.3, -0.25) is 0 Å². The van der Waals surface area contributed by atoms with E-state index >= 15 is 0 Å². The van der Waals surface area contributed by atoms with E-state index in [1.54, 1.807) is 0 Å². The lowest BCUT2D eigenvalue weighted by Crippen LogP contribution is -2.16.